The van der Waals surface area contributed by atoms with Gasteiger partial charge in [-0.05, 0) is 55.3 Å². The highest BCUT2D eigenvalue weighted by Gasteiger charge is 2.23. The maximum Gasteiger partial charge on any atom is 0.236 e. The van der Waals surface area contributed by atoms with Gasteiger partial charge in [-0.2, -0.15) is 4.68 Å². The molecule has 1 unspecified atom stereocenters. The Morgan fingerprint density at radius 2 is 1.93 bits per heavy atom. The van der Waals surface area contributed by atoms with E-state index in [1.807, 2.05) is 68.1 Å². The predicted molar refractivity (Wildman–Crippen MR) is 111 cm³/mol. The van der Waals surface area contributed by atoms with E-state index in [4.69, 9.17) is 0 Å². The van der Waals surface area contributed by atoms with Crippen molar-refractivity contribution >= 4 is 17.7 Å². The highest BCUT2D eigenvalue weighted by molar-refractivity contribution is 8.00. The van der Waals surface area contributed by atoms with Crippen molar-refractivity contribution in [2.75, 3.05) is 6.54 Å². The number of tetrazole rings is 1. The van der Waals surface area contributed by atoms with Crippen molar-refractivity contribution in [2.24, 2.45) is 0 Å². The second-order valence-corrected chi connectivity index (χ2v) is 8.07. The molecule has 0 aliphatic carbocycles. The van der Waals surface area contributed by atoms with Crippen LogP contribution < -0.4 is 0 Å². The van der Waals surface area contributed by atoms with Crippen LogP contribution in [-0.2, 0) is 11.3 Å². The molecule has 3 aromatic rings. The molecule has 0 fully saturated rings. The summed E-state index contributed by atoms with van der Waals surface area (Å²) in [6.07, 6.45) is 0. The Morgan fingerprint density at radius 1 is 1.18 bits per heavy atom. The van der Waals surface area contributed by atoms with Crippen molar-refractivity contribution in [3.63, 3.8) is 0 Å². The van der Waals surface area contributed by atoms with E-state index in [-0.39, 0.29) is 11.2 Å². The highest BCUT2D eigenvalue weighted by atomic mass is 32.2. The van der Waals surface area contributed by atoms with E-state index >= 15 is 0 Å². The van der Waals surface area contributed by atoms with Gasteiger partial charge in [0.2, 0.25) is 11.1 Å². The minimum atomic E-state index is -0.292. The molecule has 2 aromatic carbocycles. The molecular formula is C21H25N5OS. The molecule has 1 atom stereocenters. The van der Waals surface area contributed by atoms with Crippen LogP contribution in [0.3, 0.4) is 0 Å². The van der Waals surface area contributed by atoms with Crippen molar-refractivity contribution in [3.8, 4) is 5.69 Å². The van der Waals surface area contributed by atoms with Gasteiger partial charge in [0.05, 0.1) is 10.9 Å². The summed E-state index contributed by atoms with van der Waals surface area (Å²) in [6, 6.07) is 16.2. The molecule has 0 saturated carbocycles. The molecule has 0 aliphatic heterocycles. The highest BCUT2D eigenvalue weighted by Crippen LogP contribution is 2.26. The van der Waals surface area contributed by atoms with Gasteiger partial charge in [-0.1, -0.05) is 59.8 Å². The van der Waals surface area contributed by atoms with E-state index in [0.717, 1.165) is 16.8 Å². The monoisotopic (exact) mass is 395 g/mol. The lowest BCUT2D eigenvalue weighted by atomic mass is 10.1. The summed E-state index contributed by atoms with van der Waals surface area (Å²) < 4.78 is 1.71. The Morgan fingerprint density at radius 3 is 2.61 bits per heavy atom. The number of amides is 1. The number of benzene rings is 2. The van der Waals surface area contributed by atoms with E-state index in [2.05, 4.69) is 28.5 Å². The zero-order valence-electron chi connectivity index (χ0n) is 16.7. The molecule has 3 rings (SSSR count). The number of carbonyl (C=O) groups excluding carboxylic acids is 1. The summed E-state index contributed by atoms with van der Waals surface area (Å²) in [7, 11) is 0. The van der Waals surface area contributed by atoms with Crippen LogP contribution in [0.15, 0.2) is 53.7 Å². The lowest BCUT2D eigenvalue weighted by Gasteiger charge is -2.24. The normalized spacial score (nSPS) is 12.0. The van der Waals surface area contributed by atoms with Crippen LogP contribution in [0.5, 0.6) is 0 Å². The van der Waals surface area contributed by atoms with Crippen LogP contribution in [0, 0.1) is 13.8 Å². The minimum Gasteiger partial charge on any atom is -0.338 e. The van der Waals surface area contributed by atoms with Gasteiger partial charge in [0, 0.05) is 13.1 Å². The Balaban J connectivity index is 1.75. The van der Waals surface area contributed by atoms with Crippen LogP contribution in [0.1, 0.15) is 30.5 Å². The summed E-state index contributed by atoms with van der Waals surface area (Å²) in [6.45, 7) is 9.24. The molecule has 0 aliphatic rings. The lowest BCUT2D eigenvalue weighted by Crippen LogP contribution is -2.36. The van der Waals surface area contributed by atoms with Gasteiger partial charge in [-0.25, -0.2) is 0 Å². The van der Waals surface area contributed by atoms with Crippen LogP contribution in [0.25, 0.3) is 5.69 Å². The number of carbonyl (C=O) groups is 1. The van der Waals surface area contributed by atoms with E-state index < -0.39 is 0 Å². The van der Waals surface area contributed by atoms with E-state index in [9.17, 15) is 4.79 Å². The molecular weight excluding hydrogens is 370 g/mol. The van der Waals surface area contributed by atoms with Crippen molar-refractivity contribution < 1.29 is 4.79 Å². The number of nitrogens with zero attached hydrogens (tertiary/aromatic N) is 5. The molecule has 0 bridgehead atoms. The maximum atomic E-state index is 13.0. The average molecular weight is 396 g/mol. The third-order valence-electron chi connectivity index (χ3n) is 4.56. The molecule has 1 amide bonds. The fourth-order valence-corrected chi connectivity index (χ4v) is 3.95. The third-order valence-corrected chi connectivity index (χ3v) is 5.58. The molecule has 7 heteroatoms. The first kappa shape index (κ1) is 20.1. The molecule has 146 valence electrons. The number of thioether (sulfide) groups is 1. The summed E-state index contributed by atoms with van der Waals surface area (Å²) in [4.78, 5) is 14.9. The van der Waals surface area contributed by atoms with Crippen molar-refractivity contribution in [3.05, 3.63) is 65.2 Å². The number of aryl methyl sites for hydroxylation is 2. The Labute approximate surface area is 169 Å². The average Bonchev–Trinajstić information content (AvgIpc) is 3.14. The van der Waals surface area contributed by atoms with Gasteiger partial charge in [-0.3, -0.25) is 4.79 Å². The molecule has 1 aromatic heterocycles. The van der Waals surface area contributed by atoms with Gasteiger partial charge in [-0.15, -0.1) is 5.10 Å². The summed E-state index contributed by atoms with van der Waals surface area (Å²) in [5, 5.41) is 12.4. The minimum absolute atomic E-state index is 0.0755. The van der Waals surface area contributed by atoms with E-state index in [1.165, 1.54) is 17.3 Å². The Kier molecular flexibility index (Phi) is 6.46. The smallest absolute Gasteiger partial charge is 0.236 e. The van der Waals surface area contributed by atoms with Crippen LogP contribution in [-0.4, -0.2) is 42.8 Å². The Hall–Kier alpha value is -2.67. The van der Waals surface area contributed by atoms with Crippen molar-refractivity contribution in [2.45, 2.75) is 44.6 Å². The van der Waals surface area contributed by atoms with E-state index in [1.54, 1.807) is 4.68 Å². The maximum absolute atomic E-state index is 13.0. The fourth-order valence-electron chi connectivity index (χ4n) is 3.06. The zero-order valence-corrected chi connectivity index (χ0v) is 17.5. The van der Waals surface area contributed by atoms with Gasteiger partial charge in [0.25, 0.3) is 0 Å². The molecule has 1 heterocycles. The van der Waals surface area contributed by atoms with Gasteiger partial charge < -0.3 is 4.90 Å². The van der Waals surface area contributed by atoms with Gasteiger partial charge >= 0.3 is 0 Å². The summed E-state index contributed by atoms with van der Waals surface area (Å²) in [5.41, 5.74) is 4.32. The van der Waals surface area contributed by atoms with E-state index in [0.29, 0.717) is 18.2 Å². The second-order valence-electron chi connectivity index (χ2n) is 6.76. The first-order valence-corrected chi connectivity index (χ1v) is 10.2. The van der Waals surface area contributed by atoms with Crippen LogP contribution in [0.4, 0.5) is 0 Å². The quantitative estimate of drug-likeness (QED) is 0.569. The third kappa shape index (κ3) is 4.59. The first-order valence-electron chi connectivity index (χ1n) is 9.35. The zero-order chi connectivity index (χ0) is 20.1. The number of aromatic nitrogens is 4. The van der Waals surface area contributed by atoms with Crippen LogP contribution >= 0.6 is 11.8 Å². The van der Waals surface area contributed by atoms with Crippen LogP contribution in [0.2, 0.25) is 0 Å². The van der Waals surface area contributed by atoms with Gasteiger partial charge in [0.15, 0.2) is 0 Å². The SMILES string of the molecule is CCN(Cc1ccccc1)C(=O)C(C)Sc1nnnn1-c1ccc(C)cc1C. The molecule has 6 nitrogen and oxygen atoms in total. The fraction of sp³-hybridized carbons (Fsp3) is 0.333. The largest absolute Gasteiger partial charge is 0.338 e. The molecule has 0 saturated heterocycles. The standard InChI is InChI=1S/C21H25N5OS/c1-5-25(14-18-9-7-6-8-10-18)20(27)17(4)28-21-22-23-24-26(21)19-12-11-15(2)13-16(19)3/h6-13,17H,5,14H2,1-4H3. The lowest BCUT2D eigenvalue weighted by molar-refractivity contribution is -0.130. The molecule has 0 spiro atoms. The summed E-state index contributed by atoms with van der Waals surface area (Å²) in [5.74, 6) is 0.0755. The van der Waals surface area contributed by atoms with Gasteiger partial charge in [0.1, 0.15) is 0 Å². The van der Waals surface area contributed by atoms with Crippen molar-refractivity contribution in [1.82, 2.24) is 25.1 Å². The Bertz CT molecular complexity index is 941. The number of rotatable bonds is 7. The topological polar surface area (TPSA) is 63.9 Å². The second kappa shape index (κ2) is 9.01. The molecule has 0 radical (unpaired) electrons. The number of hydrogen-bond acceptors (Lipinski definition) is 5. The number of hydrogen-bond donors (Lipinski definition) is 0. The first-order chi connectivity index (χ1) is 13.5. The van der Waals surface area contributed by atoms with Crippen molar-refractivity contribution in [1.29, 1.82) is 0 Å². The molecule has 28 heavy (non-hydrogen) atoms. The molecule has 0 N–H and O–H groups in total. The predicted octanol–water partition coefficient (Wildman–Crippen LogP) is 3.81. The summed E-state index contributed by atoms with van der Waals surface area (Å²) >= 11 is 1.38.